The highest BCUT2D eigenvalue weighted by Crippen LogP contribution is 2.20. The van der Waals surface area contributed by atoms with Crippen LogP contribution in [0.2, 0.25) is 5.02 Å². The quantitative estimate of drug-likeness (QED) is 0.923. The standard InChI is InChI=1S/C17H25ClN2O/c1-12(2)20(11-14-6-8-19-9-7-14)17(21)15-4-5-16(18)13(3)10-15/h4-5,10,12,14,19H,6-9,11H2,1-3H3. The average molecular weight is 309 g/mol. The van der Waals surface area contributed by atoms with E-state index >= 15 is 0 Å². The Morgan fingerprint density at radius 3 is 2.62 bits per heavy atom. The summed E-state index contributed by atoms with van der Waals surface area (Å²) in [6.45, 7) is 9.07. The zero-order chi connectivity index (χ0) is 15.4. The summed E-state index contributed by atoms with van der Waals surface area (Å²) in [5.41, 5.74) is 1.69. The molecule has 116 valence electrons. The van der Waals surface area contributed by atoms with Crippen LogP contribution in [-0.2, 0) is 0 Å². The second-order valence-corrected chi connectivity index (χ2v) is 6.62. The fourth-order valence-corrected chi connectivity index (χ4v) is 2.93. The van der Waals surface area contributed by atoms with Gasteiger partial charge < -0.3 is 10.2 Å². The molecule has 4 heteroatoms. The summed E-state index contributed by atoms with van der Waals surface area (Å²) in [4.78, 5) is 14.8. The van der Waals surface area contributed by atoms with Crippen LogP contribution >= 0.6 is 11.6 Å². The van der Waals surface area contributed by atoms with E-state index < -0.39 is 0 Å². The molecule has 1 heterocycles. The van der Waals surface area contributed by atoms with E-state index in [1.165, 1.54) is 0 Å². The molecule has 0 aromatic heterocycles. The minimum Gasteiger partial charge on any atom is -0.336 e. The number of hydrogen-bond donors (Lipinski definition) is 1. The predicted octanol–water partition coefficient (Wildman–Crippen LogP) is 3.50. The first-order chi connectivity index (χ1) is 9.99. The normalized spacial score (nSPS) is 16.2. The summed E-state index contributed by atoms with van der Waals surface area (Å²) >= 11 is 6.05. The fourth-order valence-electron chi connectivity index (χ4n) is 2.81. The molecule has 0 atom stereocenters. The van der Waals surface area contributed by atoms with E-state index in [0.29, 0.717) is 10.9 Å². The molecule has 0 unspecified atom stereocenters. The lowest BCUT2D eigenvalue weighted by atomic mass is 9.96. The Balaban J connectivity index is 2.12. The molecular weight excluding hydrogens is 284 g/mol. The van der Waals surface area contributed by atoms with Crippen LogP contribution < -0.4 is 5.32 Å². The SMILES string of the molecule is Cc1cc(C(=O)N(CC2CCNCC2)C(C)C)ccc1Cl. The van der Waals surface area contributed by atoms with Crippen LogP contribution in [0.5, 0.6) is 0 Å². The van der Waals surface area contributed by atoms with Crippen molar-refractivity contribution in [3.8, 4) is 0 Å². The van der Waals surface area contributed by atoms with E-state index in [-0.39, 0.29) is 11.9 Å². The zero-order valence-electron chi connectivity index (χ0n) is 13.2. The van der Waals surface area contributed by atoms with Gasteiger partial charge in [-0.25, -0.2) is 0 Å². The smallest absolute Gasteiger partial charge is 0.254 e. The second kappa shape index (κ2) is 7.28. The minimum atomic E-state index is 0.114. The Bertz CT molecular complexity index is 496. The van der Waals surface area contributed by atoms with Crippen molar-refractivity contribution in [2.75, 3.05) is 19.6 Å². The number of hydrogen-bond acceptors (Lipinski definition) is 2. The van der Waals surface area contributed by atoms with Gasteiger partial charge in [0.25, 0.3) is 5.91 Å². The molecule has 0 bridgehead atoms. The van der Waals surface area contributed by atoms with Crippen LogP contribution in [0.15, 0.2) is 18.2 Å². The minimum absolute atomic E-state index is 0.114. The van der Waals surface area contributed by atoms with E-state index in [9.17, 15) is 4.79 Å². The third-order valence-electron chi connectivity index (χ3n) is 4.20. The van der Waals surface area contributed by atoms with Gasteiger partial charge >= 0.3 is 0 Å². The number of amides is 1. The number of nitrogens with zero attached hydrogens (tertiary/aromatic N) is 1. The topological polar surface area (TPSA) is 32.3 Å². The number of nitrogens with one attached hydrogen (secondary N) is 1. The van der Waals surface area contributed by atoms with E-state index in [1.807, 2.05) is 30.0 Å². The lowest BCUT2D eigenvalue weighted by molar-refractivity contribution is 0.0658. The molecule has 1 fully saturated rings. The number of halogens is 1. The first-order valence-electron chi connectivity index (χ1n) is 7.77. The molecule has 21 heavy (non-hydrogen) atoms. The molecule has 1 aromatic carbocycles. The summed E-state index contributed by atoms with van der Waals surface area (Å²) < 4.78 is 0. The molecule has 0 aliphatic carbocycles. The van der Waals surface area contributed by atoms with Gasteiger partial charge in [0.15, 0.2) is 0 Å². The first kappa shape index (κ1) is 16.3. The molecule has 1 aromatic rings. The van der Waals surface area contributed by atoms with E-state index in [2.05, 4.69) is 19.2 Å². The summed E-state index contributed by atoms with van der Waals surface area (Å²) in [6.07, 6.45) is 2.30. The molecule has 1 N–H and O–H groups in total. The number of aryl methyl sites for hydroxylation is 1. The van der Waals surface area contributed by atoms with Gasteiger partial charge in [-0.2, -0.15) is 0 Å². The maximum absolute atomic E-state index is 12.8. The van der Waals surface area contributed by atoms with Crippen LogP contribution in [0, 0.1) is 12.8 Å². The second-order valence-electron chi connectivity index (χ2n) is 6.21. The van der Waals surface area contributed by atoms with Crippen molar-refractivity contribution in [2.24, 2.45) is 5.92 Å². The molecule has 2 rings (SSSR count). The highest BCUT2D eigenvalue weighted by atomic mass is 35.5. The van der Waals surface area contributed by atoms with Crippen molar-refractivity contribution in [1.82, 2.24) is 10.2 Å². The van der Waals surface area contributed by atoms with Gasteiger partial charge in [-0.05, 0) is 76.4 Å². The predicted molar refractivity (Wildman–Crippen MR) is 88.0 cm³/mol. The summed E-state index contributed by atoms with van der Waals surface area (Å²) in [5.74, 6) is 0.717. The summed E-state index contributed by atoms with van der Waals surface area (Å²) in [5, 5.41) is 4.08. The van der Waals surface area contributed by atoms with Crippen LogP contribution in [0.3, 0.4) is 0 Å². The number of carbonyl (C=O) groups excluding carboxylic acids is 1. The number of carbonyl (C=O) groups is 1. The average Bonchev–Trinajstić information content (AvgIpc) is 2.47. The van der Waals surface area contributed by atoms with Gasteiger partial charge in [-0.1, -0.05) is 11.6 Å². The van der Waals surface area contributed by atoms with Gasteiger partial charge in [-0.15, -0.1) is 0 Å². The van der Waals surface area contributed by atoms with E-state index in [1.54, 1.807) is 0 Å². The van der Waals surface area contributed by atoms with Gasteiger partial charge in [0.05, 0.1) is 0 Å². The largest absolute Gasteiger partial charge is 0.336 e. The van der Waals surface area contributed by atoms with Crippen LogP contribution in [0.1, 0.15) is 42.6 Å². The zero-order valence-corrected chi connectivity index (χ0v) is 13.9. The van der Waals surface area contributed by atoms with Gasteiger partial charge in [0, 0.05) is 23.2 Å². The van der Waals surface area contributed by atoms with Crippen molar-refractivity contribution >= 4 is 17.5 Å². The molecule has 1 aliphatic rings. The van der Waals surface area contributed by atoms with Crippen molar-refractivity contribution in [3.63, 3.8) is 0 Å². The van der Waals surface area contributed by atoms with Crippen molar-refractivity contribution < 1.29 is 4.79 Å². The lowest BCUT2D eigenvalue weighted by Crippen LogP contribution is -2.43. The molecule has 0 saturated carbocycles. The number of benzene rings is 1. The van der Waals surface area contributed by atoms with Crippen LogP contribution in [0.25, 0.3) is 0 Å². The van der Waals surface area contributed by atoms with Crippen molar-refractivity contribution in [3.05, 3.63) is 34.3 Å². The fraction of sp³-hybridized carbons (Fsp3) is 0.588. The van der Waals surface area contributed by atoms with Crippen molar-refractivity contribution in [1.29, 1.82) is 0 Å². The first-order valence-corrected chi connectivity index (χ1v) is 8.14. The molecule has 1 amide bonds. The molecule has 1 saturated heterocycles. The van der Waals surface area contributed by atoms with E-state index in [0.717, 1.165) is 43.6 Å². The molecular formula is C17H25ClN2O. The highest BCUT2D eigenvalue weighted by molar-refractivity contribution is 6.31. The van der Waals surface area contributed by atoms with Crippen molar-refractivity contribution in [2.45, 2.75) is 39.7 Å². The maximum atomic E-state index is 12.8. The van der Waals surface area contributed by atoms with E-state index in [4.69, 9.17) is 11.6 Å². The molecule has 0 spiro atoms. The van der Waals surface area contributed by atoms with Crippen LogP contribution in [0.4, 0.5) is 0 Å². The highest BCUT2D eigenvalue weighted by Gasteiger charge is 2.24. The third kappa shape index (κ3) is 4.21. The summed E-state index contributed by atoms with van der Waals surface area (Å²) in [7, 11) is 0. The summed E-state index contributed by atoms with van der Waals surface area (Å²) in [6, 6.07) is 5.74. The third-order valence-corrected chi connectivity index (χ3v) is 4.63. The van der Waals surface area contributed by atoms with Gasteiger partial charge in [0.2, 0.25) is 0 Å². The maximum Gasteiger partial charge on any atom is 0.254 e. The Morgan fingerprint density at radius 2 is 2.05 bits per heavy atom. The Labute approximate surface area is 132 Å². The number of rotatable bonds is 4. The van der Waals surface area contributed by atoms with Gasteiger partial charge in [0.1, 0.15) is 0 Å². The Hall–Kier alpha value is -1.06. The molecule has 3 nitrogen and oxygen atoms in total. The lowest BCUT2D eigenvalue weighted by Gasteiger charge is -2.33. The molecule has 1 aliphatic heterocycles. The molecule has 0 radical (unpaired) electrons. The Kier molecular flexibility index (Phi) is 5.65. The van der Waals surface area contributed by atoms with Crippen LogP contribution in [-0.4, -0.2) is 36.5 Å². The van der Waals surface area contributed by atoms with Gasteiger partial charge in [-0.3, -0.25) is 4.79 Å². The monoisotopic (exact) mass is 308 g/mol. The number of piperidine rings is 1. The Morgan fingerprint density at radius 1 is 1.38 bits per heavy atom.